The number of hydrogen-bond donors (Lipinski definition) is 1. The van der Waals surface area contributed by atoms with Gasteiger partial charge in [0.05, 0.1) is 0 Å². The van der Waals surface area contributed by atoms with Crippen LogP contribution in [-0.4, -0.2) is 9.38 Å². The molecule has 80 valence electrons. The van der Waals surface area contributed by atoms with Crippen molar-refractivity contribution in [2.75, 3.05) is 0 Å². The van der Waals surface area contributed by atoms with Crippen LogP contribution in [0.25, 0.3) is 5.65 Å². The van der Waals surface area contributed by atoms with Crippen molar-refractivity contribution in [2.45, 2.75) is 32.6 Å². The van der Waals surface area contributed by atoms with Crippen molar-refractivity contribution in [3.05, 3.63) is 40.4 Å². The Balaban J connectivity index is 2.42. The van der Waals surface area contributed by atoms with E-state index >= 15 is 0 Å². The molecule has 3 heteroatoms. The highest BCUT2D eigenvalue weighted by Gasteiger charge is 2.07. The Morgan fingerprint density at radius 2 is 2.33 bits per heavy atom. The van der Waals surface area contributed by atoms with Crippen LogP contribution in [0.2, 0.25) is 0 Å². The van der Waals surface area contributed by atoms with Crippen LogP contribution in [0.3, 0.4) is 0 Å². The summed E-state index contributed by atoms with van der Waals surface area (Å²) in [6.45, 7) is 4.38. The molecule has 0 aliphatic heterocycles. The maximum atomic E-state index is 11.2. The van der Waals surface area contributed by atoms with Gasteiger partial charge in [-0.25, -0.2) is 0 Å². The van der Waals surface area contributed by atoms with Gasteiger partial charge in [-0.2, -0.15) is 0 Å². The minimum Gasteiger partial charge on any atom is -0.343 e. The molecule has 0 fully saturated rings. The number of pyridine rings is 1. The zero-order chi connectivity index (χ0) is 10.8. The summed E-state index contributed by atoms with van der Waals surface area (Å²) in [5, 5.41) is 0. The molecule has 2 aromatic rings. The van der Waals surface area contributed by atoms with Crippen molar-refractivity contribution in [1.29, 1.82) is 0 Å². The number of nitrogens with one attached hydrogen (secondary N) is 1. The molecular weight excluding hydrogens is 188 g/mol. The van der Waals surface area contributed by atoms with Crippen molar-refractivity contribution in [1.82, 2.24) is 9.38 Å². The molecular formula is C12H16N2O. The largest absolute Gasteiger partial charge is 0.343 e. The Kier molecular flexibility index (Phi) is 2.62. The second-order valence-electron chi connectivity index (χ2n) is 4.05. The fourth-order valence-corrected chi connectivity index (χ4v) is 1.87. The summed E-state index contributed by atoms with van der Waals surface area (Å²) in [5.41, 5.74) is 2.12. The monoisotopic (exact) mass is 204 g/mol. The number of nitrogens with zero attached hydrogens (tertiary/aromatic N) is 1. The lowest BCUT2D eigenvalue weighted by Crippen LogP contribution is -1.97. The van der Waals surface area contributed by atoms with E-state index in [-0.39, 0.29) is 5.43 Å². The van der Waals surface area contributed by atoms with Crippen LogP contribution in [0.4, 0.5) is 0 Å². The second kappa shape index (κ2) is 3.93. The van der Waals surface area contributed by atoms with Crippen LogP contribution in [-0.2, 0) is 0 Å². The SMILES string of the molecule is CCCC(C)c1cn2ccc(=O)cc2[nH]1. The minimum atomic E-state index is 0.0477. The molecule has 0 aromatic carbocycles. The second-order valence-corrected chi connectivity index (χ2v) is 4.05. The van der Waals surface area contributed by atoms with Gasteiger partial charge in [-0.15, -0.1) is 0 Å². The molecule has 0 amide bonds. The van der Waals surface area contributed by atoms with Crippen molar-refractivity contribution in [3.63, 3.8) is 0 Å². The number of aromatic nitrogens is 2. The molecule has 2 aromatic heterocycles. The molecule has 0 bridgehead atoms. The lowest BCUT2D eigenvalue weighted by Gasteiger charge is -2.05. The van der Waals surface area contributed by atoms with Crippen molar-refractivity contribution in [3.8, 4) is 0 Å². The van der Waals surface area contributed by atoms with E-state index in [2.05, 4.69) is 25.0 Å². The van der Waals surface area contributed by atoms with E-state index in [1.807, 2.05) is 4.40 Å². The van der Waals surface area contributed by atoms with Gasteiger partial charge in [-0.3, -0.25) is 4.79 Å². The van der Waals surface area contributed by atoms with Crippen molar-refractivity contribution < 1.29 is 0 Å². The number of aromatic amines is 1. The molecule has 0 aliphatic carbocycles. The molecule has 0 radical (unpaired) electrons. The summed E-state index contributed by atoms with van der Waals surface area (Å²) in [6.07, 6.45) is 6.21. The first-order valence-corrected chi connectivity index (χ1v) is 5.41. The highest BCUT2D eigenvalue weighted by molar-refractivity contribution is 5.40. The lowest BCUT2D eigenvalue weighted by molar-refractivity contribution is 0.651. The molecule has 2 heterocycles. The minimum absolute atomic E-state index is 0.0477. The van der Waals surface area contributed by atoms with Crippen LogP contribution in [0.1, 0.15) is 38.3 Å². The molecule has 0 saturated carbocycles. The Morgan fingerprint density at radius 3 is 3.07 bits per heavy atom. The standard InChI is InChI=1S/C12H16N2O/c1-3-4-9(2)11-8-14-6-5-10(15)7-12(14)13-11/h5-9,13H,3-4H2,1-2H3. The van der Waals surface area contributed by atoms with Gasteiger partial charge in [0.1, 0.15) is 5.65 Å². The number of H-pyrrole nitrogens is 1. The van der Waals surface area contributed by atoms with Crippen molar-refractivity contribution in [2.24, 2.45) is 0 Å². The van der Waals surface area contributed by atoms with Crippen LogP contribution in [0.5, 0.6) is 0 Å². The van der Waals surface area contributed by atoms with Crippen LogP contribution < -0.4 is 5.43 Å². The fourth-order valence-electron chi connectivity index (χ4n) is 1.87. The maximum absolute atomic E-state index is 11.2. The van der Waals surface area contributed by atoms with Crippen molar-refractivity contribution >= 4 is 5.65 Å². The van der Waals surface area contributed by atoms with E-state index in [0.29, 0.717) is 5.92 Å². The predicted molar refractivity (Wildman–Crippen MR) is 61.3 cm³/mol. The Morgan fingerprint density at radius 1 is 1.53 bits per heavy atom. The van der Waals surface area contributed by atoms with Gasteiger partial charge in [-0.1, -0.05) is 20.3 Å². The number of hydrogen-bond acceptors (Lipinski definition) is 1. The maximum Gasteiger partial charge on any atom is 0.183 e. The molecule has 0 spiro atoms. The quantitative estimate of drug-likeness (QED) is 0.819. The average Bonchev–Trinajstić information content (AvgIpc) is 2.60. The van der Waals surface area contributed by atoms with Gasteiger partial charge in [0.2, 0.25) is 0 Å². The van der Waals surface area contributed by atoms with Gasteiger partial charge in [0.15, 0.2) is 5.43 Å². The van der Waals surface area contributed by atoms with Crippen LogP contribution in [0.15, 0.2) is 29.3 Å². The van der Waals surface area contributed by atoms with Crippen LogP contribution >= 0.6 is 0 Å². The van der Waals surface area contributed by atoms with Gasteiger partial charge in [0, 0.05) is 30.2 Å². The summed E-state index contributed by atoms with van der Waals surface area (Å²) >= 11 is 0. The van der Waals surface area contributed by atoms with Gasteiger partial charge >= 0.3 is 0 Å². The summed E-state index contributed by atoms with van der Waals surface area (Å²) < 4.78 is 1.96. The highest BCUT2D eigenvalue weighted by atomic mass is 16.1. The lowest BCUT2D eigenvalue weighted by atomic mass is 10.0. The van der Waals surface area contributed by atoms with E-state index in [1.54, 1.807) is 18.3 Å². The van der Waals surface area contributed by atoms with Gasteiger partial charge in [0.25, 0.3) is 0 Å². The Hall–Kier alpha value is -1.51. The Labute approximate surface area is 88.8 Å². The van der Waals surface area contributed by atoms with Crippen LogP contribution in [0, 0.1) is 0 Å². The Bertz CT molecular complexity index is 510. The summed E-state index contributed by atoms with van der Waals surface area (Å²) in [6, 6.07) is 3.21. The zero-order valence-corrected chi connectivity index (χ0v) is 9.16. The number of imidazole rings is 1. The molecule has 3 nitrogen and oxygen atoms in total. The molecule has 15 heavy (non-hydrogen) atoms. The summed E-state index contributed by atoms with van der Waals surface area (Å²) in [4.78, 5) is 14.4. The van der Waals surface area contributed by atoms with E-state index in [1.165, 1.54) is 12.1 Å². The topological polar surface area (TPSA) is 37.3 Å². The van der Waals surface area contributed by atoms with Gasteiger partial charge in [-0.05, 0) is 12.3 Å². The molecule has 0 saturated heterocycles. The first kappa shape index (κ1) is 10.0. The fraction of sp³-hybridized carbons (Fsp3) is 0.417. The molecule has 1 unspecified atom stereocenters. The summed E-state index contributed by atoms with van der Waals surface area (Å²) in [7, 11) is 0. The normalized spacial score (nSPS) is 13.2. The van der Waals surface area contributed by atoms with Gasteiger partial charge < -0.3 is 9.38 Å². The first-order chi connectivity index (χ1) is 7.20. The molecule has 0 aliphatic rings. The number of fused-ring (bicyclic) bond motifs is 1. The highest BCUT2D eigenvalue weighted by Crippen LogP contribution is 2.19. The summed E-state index contributed by atoms with van der Waals surface area (Å²) in [5.74, 6) is 0.519. The third-order valence-electron chi connectivity index (χ3n) is 2.76. The van der Waals surface area contributed by atoms with E-state index in [9.17, 15) is 4.79 Å². The van der Waals surface area contributed by atoms with E-state index < -0.39 is 0 Å². The van der Waals surface area contributed by atoms with E-state index in [0.717, 1.165) is 12.1 Å². The zero-order valence-electron chi connectivity index (χ0n) is 9.16. The van der Waals surface area contributed by atoms with E-state index in [4.69, 9.17) is 0 Å². The third-order valence-corrected chi connectivity index (χ3v) is 2.76. The smallest absolute Gasteiger partial charge is 0.183 e. The number of rotatable bonds is 3. The average molecular weight is 204 g/mol. The predicted octanol–water partition coefficient (Wildman–Crippen LogP) is 2.53. The first-order valence-electron chi connectivity index (χ1n) is 5.41. The molecule has 2 rings (SSSR count). The molecule has 1 N–H and O–H groups in total. The molecule has 1 atom stereocenters. The third kappa shape index (κ3) is 1.96.